The largest absolute Gasteiger partial charge is 0.508 e. The third kappa shape index (κ3) is 1.75. The van der Waals surface area contributed by atoms with Crippen molar-refractivity contribution in [2.75, 3.05) is 0 Å². The predicted molar refractivity (Wildman–Crippen MR) is 72.1 cm³/mol. The predicted octanol–water partition coefficient (Wildman–Crippen LogP) is 3.19. The van der Waals surface area contributed by atoms with Crippen molar-refractivity contribution >= 4 is 22.5 Å². The lowest BCUT2D eigenvalue weighted by molar-refractivity contribution is -0.114. The van der Waals surface area contributed by atoms with Crippen LogP contribution in [0.5, 0.6) is 5.75 Å². The van der Waals surface area contributed by atoms with Crippen molar-refractivity contribution in [2.45, 2.75) is 33.1 Å². The van der Waals surface area contributed by atoms with E-state index in [1.165, 1.54) is 0 Å². The number of carbonyl (C=O) groups is 1. The Hall–Kier alpha value is -2.10. The lowest BCUT2D eigenvalue weighted by atomic mass is 9.89. The fraction of sp³-hybridized carbons (Fsp3) is 0.333. The molecule has 1 aromatic heterocycles. The van der Waals surface area contributed by atoms with Gasteiger partial charge in [0.1, 0.15) is 11.3 Å². The van der Waals surface area contributed by atoms with Crippen LogP contribution in [0.3, 0.4) is 0 Å². The van der Waals surface area contributed by atoms with Crippen LogP contribution in [0.25, 0.3) is 16.7 Å². The van der Waals surface area contributed by atoms with Gasteiger partial charge in [0.2, 0.25) is 0 Å². The van der Waals surface area contributed by atoms with E-state index in [0.717, 1.165) is 11.1 Å². The number of allylic oxidation sites excluding steroid dienone is 2. The smallest absolute Gasteiger partial charge is 0.198 e. The highest BCUT2D eigenvalue weighted by molar-refractivity contribution is 6.06. The monoisotopic (exact) mass is 257 g/mol. The van der Waals surface area contributed by atoms with E-state index in [4.69, 9.17) is 4.42 Å². The summed E-state index contributed by atoms with van der Waals surface area (Å²) < 4.78 is 5.81. The fourth-order valence-corrected chi connectivity index (χ4v) is 2.49. The zero-order chi connectivity index (χ0) is 13.7. The number of nitrogens with zero attached hydrogens (tertiary/aromatic N) is 1. The van der Waals surface area contributed by atoms with Crippen LogP contribution in [-0.2, 0) is 11.2 Å². The minimum absolute atomic E-state index is 0.00301. The Bertz CT molecular complexity index is 723. The maximum absolute atomic E-state index is 11.6. The first-order valence-corrected chi connectivity index (χ1v) is 6.34. The molecule has 0 aliphatic heterocycles. The van der Waals surface area contributed by atoms with E-state index in [9.17, 15) is 9.90 Å². The molecule has 0 atom stereocenters. The zero-order valence-corrected chi connectivity index (χ0v) is 11.2. The molecule has 0 saturated heterocycles. The van der Waals surface area contributed by atoms with Crippen molar-refractivity contribution in [3.05, 3.63) is 29.2 Å². The SMILES string of the molecule is CC1=CC(=O)Cc2c(O)cc3nc(C(C)C)oc3c21. The molecule has 98 valence electrons. The Morgan fingerprint density at radius 3 is 2.84 bits per heavy atom. The van der Waals surface area contributed by atoms with Crippen molar-refractivity contribution in [1.82, 2.24) is 4.98 Å². The summed E-state index contributed by atoms with van der Waals surface area (Å²) in [5, 5.41) is 10.1. The van der Waals surface area contributed by atoms with Crippen LogP contribution in [0.1, 0.15) is 43.7 Å². The van der Waals surface area contributed by atoms with E-state index in [1.807, 2.05) is 20.8 Å². The molecule has 19 heavy (non-hydrogen) atoms. The molecule has 0 amide bonds. The second-order valence-electron chi connectivity index (χ2n) is 5.27. The zero-order valence-electron chi connectivity index (χ0n) is 11.2. The Kier molecular flexibility index (Phi) is 2.49. The molecule has 0 radical (unpaired) electrons. The molecule has 4 heteroatoms. The summed E-state index contributed by atoms with van der Waals surface area (Å²) in [6.07, 6.45) is 1.81. The normalized spacial score (nSPS) is 14.9. The molecule has 0 saturated carbocycles. The van der Waals surface area contributed by atoms with Gasteiger partial charge in [-0.15, -0.1) is 0 Å². The second-order valence-corrected chi connectivity index (χ2v) is 5.27. The number of phenolic OH excluding ortho intramolecular Hbond substituents is 1. The van der Waals surface area contributed by atoms with E-state index >= 15 is 0 Å². The van der Waals surface area contributed by atoms with Gasteiger partial charge in [0.05, 0.1) is 0 Å². The first kappa shape index (κ1) is 12.0. The van der Waals surface area contributed by atoms with Gasteiger partial charge in [-0.2, -0.15) is 0 Å². The van der Waals surface area contributed by atoms with Crippen LogP contribution < -0.4 is 0 Å². The van der Waals surface area contributed by atoms with Gasteiger partial charge in [0.25, 0.3) is 0 Å². The maximum Gasteiger partial charge on any atom is 0.198 e. The number of carbonyl (C=O) groups excluding carboxylic acids is 1. The molecule has 1 aromatic carbocycles. The second kappa shape index (κ2) is 3.95. The number of oxazole rings is 1. The van der Waals surface area contributed by atoms with Crippen molar-refractivity contribution in [2.24, 2.45) is 0 Å². The first-order chi connectivity index (χ1) is 8.97. The van der Waals surface area contributed by atoms with Crippen molar-refractivity contribution in [3.63, 3.8) is 0 Å². The average molecular weight is 257 g/mol. The molecular formula is C15H15NO3. The quantitative estimate of drug-likeness (QED) is 0.852. The van der Waals surface area contributed by atoms with E-state index in [0.29, 0.717) is 22.6 Å². The summed E-state index contributed by atoms with van der Waals surface area (Å²) >= 11 is 0. The van der Waals surface area contributed by atoms with E-state index in [1.54, 1.807) is 12.1 Å². The molecule has 1 heterocycles. The minimum Gasteiger partial charge on any atom is -0.508 e. The van der Waals surface area contributed by atoms with Crippen molar-refractivity contribution in [3.8, 4) is 5.75 Å². The number of benzene rings is 1. The Labute approximate surface area is 110 Å². The highest BCUT2D eigenvalue weighted by Crippen LogP contribution is 2.38. The third-order valence-electron chi connectivity index (χ3n) is 3.40. The summed E-state index contributed by atoms with van der Waals surface area (Å²) in [4.78, 5) is 16.0. The number of fused-ring (bicyclic) bond motifs is 3. The van der Waals surface area contributed by atoms with E-state index in [2.05, 4.69) is 4.98 Å². The van der Waals surface area contributed by atoms with Gasteiger partial charge in [-0.05, 0) is 18.6 Å². The van der Waals surface area contributed by atoms with Crippen molar-refractivity contribution < 1.29 is 14.3 Å². The highest BCUT2D eigenvalue weighted by atomic mass is 16.3. The van der Waals surface area contributed by atoms with Crippen LogP contribution in [0.2, 0.25) is 0 Å². The first-order valence-electron chi connectivity index (χ1n) is 6.34. The number of hydrogen-bond acceptors (Lipinski definition) is 4. The number of hydrogen-bond donors (Lipinski definition) is 1. The van der Waals surface area contributed by atoms with Crippen LogP contribution in [0, 0.1) is 0 Å². The van der Waals surface area contributed by atoms with Crippen LogP contribution in [0.4, 0.5) is 0 Å². The molecule has 1 N–H and O–H groups in total. The van der Waals surface area contributed by atoms with Crippen LogP contribution in [-0.4, -0.2) is 15.9 Å². The van der Waals surface area contributed by atoms with Crippen LogP contribution in [0.15, 0.2) is 16.6 Å². The molecule has 1 aliphatic rings. The Morgan fingerprint density at radius 2 is 2.16 bits per heavy atom. The molecule has 0 unspecified atom stereocenters. The minimum atomic E-state index is 0.00301. The molecule has 2 aromatic rings. The third-order valence-corrected chi connectivity index (χ3v) is 3.40. The standard InChI is InChI=1S/C15H15NO3/c1-7(2)15-16-11-6-12(18)10-5-9(17)4-8(3)13(10)14(11)19-15/h4,6-7,18H,5H2,1-3H3. The summed E-state index contributed by atoms with van der Waals surface area (Å²) in [5.74, 6) is 0.947. The molecule has 3 rings (SSSR count). The van der Waals surface area contributed by atoms with E-state index in [-0.39, 0.29) is 23.9 Å². The summed E-state index contributed by atoms with van der Waals surface area (Å²) in [5.41, 5.74) is 3.58. The van der Waals surface area contributed by atoms with Gasteiger partial charge in [-0.3, -0.25) is 4.79 Å². The number of aromatic hydroxyl groups is 1. The van der Waals surface area contributed by atoms with Gasteiger partial charge < -0.3 is 9.52 Å². The van der Waals surface area contributed by atoms with Crippen LogP contribution >= 0.6 is 0 Å². The number of rotatable bonds is 1. The summed E-state index contributed by atoms with van der Waals surface area (Å²) in [6, 6.07) is 1.58. The van der Waals surface area contributed by atoms with Gasteiger partial charge in [0.15, 0.2) is 17.3 Å². The summed E-state index contributed by atoms with van der Waals surface area (Å²) in [6.45, 7) is 5.86. The molecule has 0 bridgehead atoms. The summed E-state index contributed by atoms with van der Waals surface area (Å²) in [7, 11) is 0. The highest BCUT2D eigenvalue weighted by Gasteiger charge is 2.24. The average Bonchev–Trinajstić information content (AvgIpc) is 2.72. The van der Waals surface area contributed by atoms with Crippen molar-refractivity contribution in [1.29, 1.82) is 0 Å². The van der Waals surface area contributed by atoms with Gasteiger partial charge in [-0.1, -0.05) is 13.8 Å². The molecule has 0 fully saturated rings. The van der Waals surface area contributed by atoms with E-state index < -0.39 is 0 Å². The number of aromatic nitrogens is 1. The molecule has 0 spiro atoms. The molecule has 1 aliphatic carbocycles. The molecular weight excluding hydrogens is 242 g/mol. The molecule has 4 nitrogen and oxygen atoms in total. The van der Waals surface area contributed by atoms with Gasteiger partial charge in [0, 0.05) is 29.5 Å². The fourth-order valence-electron chi connectivity index (χ4n) is 2.49. The number of ketones is 1. The number of phenols is 1. The lowest BCUT2D eigenvalue weighted by Crippen LogP contribution is -2.08. The van der Waals surface area contributed by atoms with Gasteiger partial charge >= 0.3 is 0 Å². The Morgan fingerprint density at radius 1 is 1.42 bits per heavy atom. The lowest BCUT2D eigenvalue weighted by Gasteiger charge is -2.15. The topological polar surface area (TPSA) is 63.3 Å². The van der Waals surface area contributed by atoms with Gasteiger partial charge in [-0.25, -0.2) is 4.98 Å². The Balaban J connectivity index is 2.37. The maximum atomic E-state index is 11.6.